The number of hydrogen-bond donors (Lipinski definition) is 2. The van der Waals surface area contributed by atoms with Gasteiger partial charge in [0.25, 0.3) is 0 Å². The summed E-state index contributed by atoms with van der Waals surface area (Å²) in [5.74, 6) is 1.85. The van der Waals surface area contributed by atoms with Gasteiger partial charge in [-0.3, -0.25) is 9.69 Å². The Balaban J connectivity index is 1.35. The third-order valence-corrected chi connectivity index (χ3v) is 6.67. The Hall–Kier alpha value is -4.10. The van der Waals surface area contributed by atoms with E-state index in [1.807, 2.05) is 30.0 Å². The molecule has 0 saturated carbocycles. The fourth-order valence-corrected chi connectivity index (χ4v) is 5.05. The van der Waals surface area contributed by atoms with Crippen LogP contribution in [-0.4, -0.2) is 59.5 Å². The van der Waals surface area contributed by atoms with Crippen molar-refractivity contribution in [1.82, 2.24) is 24.7 Å². The summed E-state index contributed by atoms with van der Waals surface area (Å²) in [5, 5.41) is 3.16. The maximum atomic E-state index is 12.7. The van der Waals surface area contributed by atoms with Gasteiger partial charge in [0.2, 0.25) is 21.9 Å². The van der Waals surface area contributed by atoms with Crippen molar-refractivity contribution < 1.29 is 17.6 Å². The fraction of sp³-hybridized carbons (Fsp3) is 0.292. The van der Waals surface area contributed by atoms with Crippen molar-refractivity contribution in [1.29, 1.82) is 0 Å². The fourth-order valence-electron chi connectivity index (χ4n) is 4.25. The number of oxazole rings is 1. The van der Waals surface area contributed by atoms with E-state index in [4.69, 9.17) is 4.42 Å². The summed E-state index contributed by atoms with van der Waals surface area (Å²) in [6, 6.07) is 3.58. The molecule has 2 N–H and O–H groups in total. The van der Waals surface area contributed by atoms with E-state index in [0.29, 0.717) is 48.5 Å². The number of nitrogens with zero attached hydrogens (tertiary/aromatic N) is 6. The SMILES string of the molecule is Cc1cnc(Nc2ccc(N3CCC(NS(C)(=O)=O)C3)nc2)nc1N(C1=CC=CCC1=O)c1cnco1. The van der Waals surface area contributed by atoms with E-state index in [2.05, 4.69) is 30.0 Å². The molecular weight excluding hydrogens is 496 g/mol. The number of aryl methyl sites for hydroxylation is 1. The normalized spacial score (nSPS) is 17.7. The first-order chi connectivity index (χ1) is 17.8. The number of ketones is 1. The number of anilines is 5. The van der Waals surface area contributed by atoms with Gasteiger partial charge in [0.15, 0.2) is 12.2 Å². The third kappa shape index (κ3) is 5.67. The van der Waals surface area contributed by atoms with Gasteiger partial charge in [0.1, 0.15) is 11.6 Å². The topological polar surface area (TPSA) is 146 Å². The van der Waals surface area contributed by atoms with Gasteiger partial charge < -0.3 is 14.6 Å². The first-order valence-corrected chi connectivity index (χ1v) is 13.5. The van der Waals surface area contributed by atoms with Crippen LogP contribution < -0.4 is 19.8 Å². The number of nitrogens with one attached hydrogen (secondary N) is 2. The van der Waals surface area contributed by atoms with Crippen molar-refractivity contribution in [3.63, 3.8) is 0 Å². The number of rotatable bonds is 8. The Bertz CT molecular complexity index is 1450. The monoisotopic (exact) mass is 522 g/mol. The van der Waals surface area contributed by atoms with Gasteiger partial charge in [0, 0.05) is 37.3 Å². The van der Waals surface area contributed by atoms with Crippen LogP contribution >= 0.6 is 0 Å². The molecule has 1 saturated heterocycles. The number of carbonyl (C=O) groups is 1. The van der Waals surface area contributed by atoms with Crippen molar-refractivity contribution in [3.05, 3.63) is 66.6 Å². The lowest BCUT2D eigenvalue weighted by Crippen LogP contribution is -2.36. The molecule has 4 heterocycles. The highest BCUT2D eigenvalue weighted by molar-refractivity contribution is 7.88. The molecule has 1 aliphatic carbocycles. The van der Waals surface area contributed by atoms with E-state index >= 15 is 0 Å². The molecule has 192 valence electrons. The quantitative estimate of drug-likeness (QED) is 0.450. The van der Waals surface area contributed by atoms with Gasteiger partial charge in [-0.15, -0.1) is 0 Å². The lowest BCUT2D eigenvalue weighted by molar-refractivity contribution is -0.114. The highest BCUT2D eigenvalue weighted by Gasteiger charge is 2.27. The Morgan fingerprint density at radius 3 is 2.76 bits per heavy atom. The summed E-state index contributed by atoms with van der Waals surface area (Å²) in [4.78, 5) is 33.9. The smallest absolute Gasteiger partial charge is 0.229 e. The molecule has 3 aromatic rings. The minimum absolute atomic E-state index is 0.0675. The standard InChI is InChI=1S/C24H26N8O4S/c1-16-11-27-24(29-23(16)32(22-13-25-15-36-22)19-5-3-4-6-20(19)33)28-17-7-8-21(26-12-17)31-10-9-18(14-31)30-37(2,34)35/h3-5,7-8,11-13,15,18,30H,6,9-10,14H2,1-2H3,(H,27,28,29). The number of carbonyl (C=O) groups excluding carboxylic acids is 1. The molecule has 0 bridgehead atoms. The van der Waals surface area contributed by atoms with E-state index in [1.54, 1.807) is 29.4 Å². The average molecular weight is 523 g/mol. The number of hydrogen-bond acceptors (Lipinski definition) is 11. The Morgan fingerprint density at radius 1 is 1.19 bits per heavy atom. The van der Waals surface area contributed by atoms with Gasteiger partial charge in [-0.25, -0.2) is 28.1 Å². The maximum Gasteiger partial charge on any atom is 0.229 e. The van der Waals surface area contributed by atoms with E-state index in [9.17, 15) is 13.2 Å². The highest BCUT2D eigenvalue weighted by Crippen LogP contribution is 2.33. The van der Waals surface area contributed by atoms with Gasteiger partial charge in [-0.2, -0.15) is 4.98 Å². The molecule has 0 aromatic carbocycles. The zero-order valence-electron chi connectivity index (χ0n) is 20.3. The number of aromatic nitrogens is 4. The molecule has 0 spiro atoms. The molecule has 12 nitrogen and oxygen atoms in total. The van der Waals surface area contributed by atoms with Gasteiger partial charge in [-0.05, 0) is 31.6 Å². The van der Waals surface area contributed by atoms with Crippen molar-refractivity contribution in [2.24, 2.45) is 0 Å². The maximum absolute atomic E-state index is 12.7. The van der Waals surface area contributed by atoms with Gasteiger partial charge in [-0.1, -0.05) is 12.2 Å². The average Bonchev–Trinajstić information content (AvgIpc) is 3.55. The second-order valence-electron chi connectivity index (χ2n) is 8.83. The van der Waals surface area contributed by atoms with E-state index < -0.39 is 10.0 Å². The molecule has 1 unspecified atom stereocenters. The summed E-state index contributed by atoms with van der Waals surface area (Å²) >= 11 is 0. The molecule has 1 atom stereocenters. The predicted molar refractivity (Wildman–Crippen MR) is 138 cm³/mol. The predicted octanol–water partition coefficient (Wildman–Crippen LogP) is 2.59. The lowest BCUT2D eigenvalue weighted by Gasteiger charge is -2.25. The van der Waals surface area contributed by atoms with Crippen LogP contribution in [0.25, 0.3) is 0 Å². The molecule has 5 rings (SSSR count). The molecule has 2 aliphatic rings. The summed E-state index contributed by atoms with van der Waals surface area (Å²) in [6.45, 7) is 3.11. The van der Waals surface area contributed by atoms with Crippen LogP contribution in [0, 0.1) is 6.92 Å². The van der Waals surface area contributed by atoms with Crippen LogP contribution in [0.4, 0.5) is 29.2 Å². The van der Waals surface area contributed by atoms with Crippen molar-refractivity contribution in [2.75, 3.05) is 34.5 Å². The zero-order valence-corrected chi connectivity index (χ0v) is 21.1. The van der Waals surface area contributed by atoms with Crippen LogP contribution in [-0.2, 0) is 14.8 Å². The molecule has 1 fully saturated rings. The molecule has 3 aromatic heterocycles. The molecular formula is C24H26N8O4S. The lowest BCUT2D eigenvalue weighted by atomic mass is 10.1. The molecule has 13 heteroatoms. The minimum Gasteiger partial charge on any atom is -0.427 e. The summed E-state index contributed by atoms with van der Waals surface area (Å²) in [6.07, 6.45) is 13.7. The van der Waals surface area contributed by atoms with Gasteiger partial charge in [0.05, 0.1) is 30.0 Å². The molecule has 0 amide bonds. The second-order valence-corrected chi connectivity index (χ2v) is 10.6. The number of pyridine rings is 1. The third-order valence-electron chi connectivity index (χ3n) is 5.91. The van der Waals surface area contributed by atoms with Gasteiger partial charge >= 0.3 is 0 Å². The van der Waals surface area contributed by atoms with E-state index in [1.165, 1.54) is 18.8 Å². The van der Waals surface area contributed by atoms with E-state index in [-0.39, 0.29) is 18.2 Å². The number of sulfonamides is 1. The molecule has 1 aliphatic heterocycles. The summed E-state index contributed by atoms with van der Waals surface area (Å²) in [5.41, 5.74) is 1.84. The largest absolute Gasteiger partial charge is 0.427 e. The van der Waals surface area contributed by atoms with Crippen LogP contribution in [0.5, 0.6) is 0 Å². The number of allylic oxidation sites excluding steroid dienone is 4. The minimum atomic E-state index is -3.25. The first kappa shape index (κ1) is 24.6. The highest BCUT2D eigenvalue weighted by atomic mass is 32.2. The number of Topliss-reactive ketones (excluding diaryl/α,β-unsaturated/α-hetero) is 1. The van der Waals surface area contributed by atoms with Crippen LogP contribution in [0.2, 0.25) is 0 Å². The second kappa shape index (κ2) is 10.1. The zero-order chi connectivity index (χ0) is 26.0. The Labute approximate surface area is 214 Å². The Morgan fingerprint density at radius 2 is 2.05 bits per heavy atom. The van der Waals surface area contributed by atoms with E-state index in [0.717, 1.165) is 11.4 Å². The Kier molecular flexibility index (Phi) is 6.72. The van der Waals surface area contributed by atoms with Crippen molar-refractivity contribution >= 4 is 45.0 Å². The summed E-state index contributed by atoms with van der Waals surface area (Å²) < 4.78 is 31.2. The van der Waals surface area contributed by atoms with Crippen molar-refractivity contribution in [3.8, 4) is 0 Å². The van der Waals surface area contributed by atoms with Crippen molar-refractivity contribution in [2.45, 2.75) is 25.8 Å². The van der Waals surface area contributed by atoms with Crippen LogP contribution in [0.3, 0.4) is 0 Å². The molecule has 37 heavy (non-hydrogen) atoms. The first-order valence-electron chi connectivity index (χ1n) is 11.6. The summed E-state index contributed by atoms with van der Waals surface area (Å²) in [7, 11) is -3.25. The van der Waals surface area contributed by atoms with Crippen LogP contribution in [0.1, 0.15) is 18.4 Å². The molecule has 0 radical (unpaired) electrons. The van der Waals surface area contributed by atoms with Crippen LogP contribution in [0.15, 0.2) is 65.5 Å².